The first-order valence-corrected chi connectivity index (χ1v) is 11.1. The van der Waals surface area contributed by atoms with E-state index < -0.39 is 32.9 Å². The monoisotopic (exact) mass is 388 g/mol. The van der Waals surface area contributed by atoms with Crippen LogP contribution in [0.25, 0.3) is 0 Å². The Hall–Kier alpha value is -1.54. The third-order valence-electron chi connectivity index (χ3n) is 5.21. The normalized spacial score (nSPS) is 26.3. The third-order valence-corrected chi connectivity index (χ3v) is 10.2. The average molecular weight is 389 g/mol. The summed E-state index contributed by atoms with van der Waals surface area (Å²) in [6, 6.07) is 20.0. The molecule has 1 heterocycles. The van der Waals surface area contributed by atoms with Gasteiger partial charge in [-0.25, -0.2) is 0 Å². The zero-order chi connectivity index (χ0) is 19.7. The lowest BCUT2D eigenvalue weighted by molar-refractivity contribution is -0.121. The number of hydrogen-bond donors (Lipinski definition) is 3. The quantitative estimate of drug-likeness (QED) is 0.666. The highest BCUT2D eigenvalue weighted by molar-refractivity contribution is 6.99. The molecule has 0 spiro atoms. The van der Waals surface area contributed by atoms with Crippen LogP contribution in [0.2, 0.25) is 5.04 Å². The molecule has 1 aliphatic heterocycles. The molecule has 1 aliphatic rings. The van der Waals surface area contributed by atoms with E-state index in [0.717, 1.165) is 10.4 Å². The number of rotatable bonds is 5. The highest BCUT2D eigenvalue weighted by atomic mass is 28.4. The van der Waals surface area contributed by atoms with E-state index in [9.17, 15) is 15.3 Å². The Bertz CT molecular complexity index is 692. The van der Waals surface area contributed by atoms with E-state index in [1.54, 1.807) is 0 Å². The molecule has 5 nitrogen and oxygen atoms in total. The molecule has 0 saturated carbocycles. The van der Waals surface area contributed by atoms with E-state index >= 15 is 0 Å². The van der Waals surface area contributed by atoms with Gasteiger partial charge in [-0.2, -0.15) is 0 Å². The van der Waals surface area contributed by atoms with Crippen molar-refractivity contribution < 1.29 is 24.5 Å². The summed E-state index contributed by atoms with van der Waals surface area (Å²) in [4.78, 5) is 0. The van der Waals surface area contributed by atoms with Crippen molar-refractivity contribution in [1.29, 1.82) is 0 Å². The van der Waals surface area contributed by atoms with Gasteiger partial charge in [0.15, 0.2) is 6.29 Å². The minimum absolute atomic E-state index is 0.277. The van der Waals surface area contributed by atoms with Crippen LogP contribution in [0.1, 0.15) is 20.8 Å². The molecule has 0 aromatic heterocycles. The lowest BCUT2D eigenvalue weighted by Crippen LogP contribution is -2.68. The molecule has 2 aromatic carbocycles. The van der Waals surface area contributed by atoms with E-state index in [2.05, 4.69) is 20.8 Å². The third kappa shape index (κ3) is 3.61. The molecule has 0 bridgehead atoms. The first-order chi connectivity index (χ1) is 12.8. The van der Waals surface area contributed by atoms with Crippen molar-refractivity contribution >= 4 is 18.7 Å². The SMILES string of the molecule is CC(C)(C)[Si](OC1O[C@@H](CO)[C@H](O)[C@@H]1O)(c1ccccc1)c1ccccc1. The maximum Gasteiger partial charge on any atom is 0.264 e. The molecule has 0 radical (unpaired) electrons. The van der Waals surface area contributed by atoms with Gasteiger partial charge >= 0.3 is 0 Å². The van der Waals surface area contributed by atoms with E-state index in [1.807, 2.05) is 60.7 Å². The minimum Gasteiger partial charge on any atom is -0.394 e. The highest BCUT2D eigenvalue weighted by Crippen LogP contribution is 2.39. The van der Waals surface area contributed by atoms with Crippen LogP contribution >= 0.6 is 0 Å². The molecule has 27 heavy (non-hydrogen) atoms. The minimum atomic E-state index is -2.91. The second kappa shape index (κ2) is 7.83. The van der Waals surface area contributed by atoms with Crippen molar-refractivity contribution in [2.24, 2.45) is 0 Å². The highest BCUT2D eigenvalue weighted by Gasteiger charge is 2.55. The number of benzene rings is 2. The molecule has 3 N–H and O–H groups in total. The van der Waals surface area contributed by atoms with E-state index in [1.165, 1.54) is 0 Å². The summed E-state index contributed by atoms with van der Waals surface area (Å²) in [5, 5.41) is 31.9. The Morgan fingerprint density at radius 2 is 1.37 bits per heavy atom. The molecule has 1 fully saturated rings. The second-order valence-electron chi connectivity index (χ2n) is 7.99. The molecule has 1 unspecified atom stereocenters. The lowest BCUT2D eigenvalue weighted by atomic mass is 10.1. The summed E-state index contributed by atoms with van der Waals surface area (Å²) < 4.78 is 12.3. The molecule has 2 aromatic rings. The molecule has 4 atom stereocenters. The van der Waals surface area contributed by atoms with Crippen molar-refractivity contribution in [2.75, 3.05) is 6.61 Å². The molecule has 146 valence electrons. The standard InChI is InChI=1S/C21H28O5Si/c1-21(2,3)27(15-10-6-4-7-11-15,16-12-8-5-9-13-16)26-20-19(24)18(23)17(14-22)25-20/h4-13,17-20,22-24H,14H2,1-3H3/t17-,18-,19-,20?/m0/s1. The van der Waals surface area contributed by atoms with Crippen LogP contribution in [-0.2, 0) is 9.16 Å². The van der Waals surface area contributed by atoms with Crippen molar-refractivity contribution in [3.8, 4) is 0 Å². The second-order valence-corrected chi connectivity index (χ2v) is 12.2. The Labute approximate surface area is 161 Å². The Kier molecular flexibility index (Phi) is 5.86. The summed E-state index contributed by atoms with van der Waals surface area (Å²) in [5.74, 6) is 0. The van der Waals surface area contributed by atoms with Gasteiger partial charge < -0.3 is 24.5 Å². The van der Waals surface area contributed by atoms with Crippen molar-refractivity contribution in [1.82, 2.24) is 0 Å². The van der Waals surface area contributed by atoms with Gasteiger partial charge in [0.2, 0.25) is 0 Å². The maximum absolute atomic E-state index is 10.5. The first kappa shape index (κ1) is 20.2. The van der Waals surface area contributed by atoms with Crippen LogP contribution in [0.15, 0.2) is 60.7 Å². The maximum atomic E-state index is 10.5. The Balaban J connectivity index is 2.13. The Morgan fingerprint density at radius 3 is 1.74 bits per heavy atom. The van der Waals surface area contributed by atoms with Gasteiger partial charge in [0, 0.05) is 0 Å². The Morgan fingerprint density at radius 1 is 0.889 bits per heavy atom. The summed E-state index contributed by atoms with van der Waals surface area (Å²) in [6.45, 7) is 6.00. The first-order valence-electron chi connectivity index (χ1n) is 9.22. The van der Waals surface area contributed by atoms with Crippen LogP contribution in [0.3, 0.4) is 0 Å². The average Bonchev–Trinajstić information content (AvgIpc) is 2.94. The molecule has 3 rings (SSSR count). The van der Waals surface area contributed by atoms with Gasteiger partial charge in [-0.15, -0.1) is 0 Å². The van der Waals surface area contributed by atoms with Crippen LogP contribution < -0.4 is 10.4 Å². The van der Waals surface area contributed by atoms with Crippen LogP contribution in [0.4, 0.5) is 0 Å². The zero-order valence-corrected chi connectivity index (χ0v) is 16.9. The largest absolute Gasteiger partial charge is 0.394 e. The van der Waals surface area contributed by atoms with Crippen molar-refractivity contribution in [3.05, 3.63) is 60.7 Å². The van der Waals surface area contributed by atoms with E-state index in [0.29, 0.717) is 0 Å². The molecular formula is C21H28O5Si. The number of hydrogen-bond acceptors (Lipinski definition) is 5. The molecule has 6 heteroatoms. The van der Waals surface area contributed by atoms with Gasteiger partial charge in [0.25, 0.3) is 8.32 Å². The topological polar surface area (TPSA) is 79.2 Å². The van der Waals surface area contributed by atoms with Crippen LogP contribution in [-0.4, -0.2) is 54.8 Å². The van der Waals surface area contributed by atoms with Gasteiger partial charge in [-0.05, 0) is 15.4 Å². The molecule has 0 aliphatic carbocycles. The smallest absolute Gasteiger partial charge is 0.264 e. The van der Waals surface area contributed by atoms with E-state index in [-0.39, 0.29) is 11.6 Å². The molecule has 0 amide bonds. The van der Waals surface area contributed by atoms with Crippen molar-refractivity contribution in [3.63, 3.8) is 0 Å². The summed E-state index contributed by atoms with van der Waals surface area (Å²) in [7, 11) is -2.91. The van der Waals surface area contributed by atoms with E-state index in [4.69, 9.17) is 9.16 Å². The predicted molar refractivity (Wildman–Crippen MR) is 106 cm³/mol. The number of aliphatic hydroxyl groups excluding tert-OH is 3. The van der Waals surface area contributed by atoms with Gasteiger partial charge in [0.05, 0.1) is 6.61 Å². The fourth-order valence-corrected chi connectivity index (χ4v) is 8.39. The fourth-order valence-electron chi connectivity index (χ4n) is 3.83. The fraction of sp³-hybridized carbons (Fsp3) is 0.429. The summed E-state index contributed by atoms with van der Waals surface area (Å²) >= 11 is 0. The summed E-state index contributed by atoms with van der Waals surface area (Å²) in [5.41, 5.74) is 0. The number of aliphatic hydroxyl groups is 3. The van der Waals surface area contributed by atoms with Gasteiger partial charge in [0.1, 0.15) is 18.3 Å². The lowest BCUT2D eigenvalue weighted by Gasteiger charge is -2.44. The van der Waals surface area contributed by atoms with Crippen LogP contribution in [0.5, 0.6) is 0 Å². The molecule has 1 saturated heterocycles. The zero-order valence-electron chi connectivity index (χ0n) is 15.9. The number of ether oxygens (including phenoxy) is 1. The molecular weight excluding hydrogens is 360 g/mol. The van der Waals surface area contributed by atoms with Gasteiger partial charge in [-0.3, -0.25) is 0 Å². The van der Waals surface area contributed by atoms with Gasteiger partial charge in [-0.1, -0.05) is 81.4 Å². The summed E-state index contributed by atoms with van der Waals surface area (Å²) in [6.07, 6.45) is -4.27. The predicted octanol–water partition coefficient (Wildman–Crippen LogP) is 1.00. The van der Waals surface area contributed by atoms with Crippen LogP contribution in [0, 0.1) is 0 Å². The van der Waals surface area contributed by atoms with Crippen molar-refractivity contribution in [2.45, 2.75) is 50.4 Å².